The van der Waals surface area contributed by atoms with E-state index in [2.05, 4.69) is 4.98 Å². The molecule has 154 valence electrons. The predicted octanol–water partition coefficient (Wildman–Crippen LogP) is 3.64. The molecule has 4 aliphatic carbocycles. The van der Waals surface area contributed by atoms with Crippen molar-refractivity contribution in [3.63, 3.8) is 0 Å². The van der Waals surface area contributed by atoms with Crippen LogP contribution in [0, 0.1) is 17.8 Å². The highest BCUT2D eigenvalue weighted by atomic mass is 16.6. The monoisotopic (exact) mass is 396 g/mol. The average molecular weight is 396 g/mol. The van der Waals surface area contributed by atoms with Gasteiger partial charge in [-0.25, -0.2) is 4.79 Å². The van der Waals surface area contributed by atoms with Gasteiger partial charge in [0.1, 0.15) is 16.8 Å². The van der Waals surface area contributed by atoms with Gasteiger partial charge in [-0.1, -0.05) is 18.2 Å². The Morgan fingerprint density at radius 1 is 1.17 bits per heavy atom. The minimum absolute atomic E-state index is 0.0532. The Balaban J connectivity index is 1.49. The van der Waals surface area contributed by atoms with E-state index in [9.17, 15) is 14.7 Å². The molecule has 0 amide bonds. The third-order valence-corrected chi connectivity index (χ3v) is 7.34. The van der Waals surface area contributed by atoms with Crippen LogP contribution in [-0.2, 0) is 16.0 Å². The van der Waals surface area contributed by atoms with Crippen molar-refractivity contribution in [3.8, 4) is 0 Å². The number of fused-ring (bicyclic) bond motifs is 1. The number of hydrogen-bond acceptors (Lipinski definition) is 4. The number of esters is 1. The van der Waals surface area contributed by atoms with Crippen molar-refractivity contribution in [2.75, 3.05) is 0 Å². The molecule has 4 aliphatic rings. The number of hydrogen-bond donors (Lipinski definition) is 3. The quantitative estimate of drug-likeness (QED) is 0.669. The minimum atomic E-state index is -1.47. The molecule has 2 aromatic rings. The van der Waals surface area contributed by atoms with Crippen molar-refractivity contribution in [2.45, 2.75) is 63.0 Å². The summed E-state index contributed by atoms with van der Waals surface area (Å²) < 4.78 is 6.22. The van der Waals surface area contributed by atoms with Crippen LogP contribution in [0.4, 0.5) is 0 Å². The number of para-hydroxylation sites is 1. The van der Waals surface area contributed by atoms with Crippen molar-refractivity contribution in [1.29, 1.82) is 0 Å². The Kier molecular flexibility index (Phi) is 4.07. The number of benzene rings is 1. The molecule has 6 nitrogen and oxygen atoms in total. The lowest BCUT2D eigenvalue weighted by Gasteiger charge is -2.55. The standard InChI is InChI=1S/C23H28N2O4/c1-22(24,21(27)28)12-17-16-4-2-3-5-18(16)25-19(17)20(26)29-23-9-13-6-14(10-23)8-15(7-13)11-23/h2-5,13-15,25H,6-12,24H2,1H3,(H,27,28). The van der Waals surface area contributed by atoms with Crippen LogP contribution in [0.1, 0.15) is 61.5 Å². The maximum Gasteiger partial charge on any atom is 0.355 e. The van der Waals surface area contributed by atoms with Crippen molar-refractivity contribution in [2.24, 2.45) is 23.5 Å². The Morgan fingerprint density at radius 2 is 1.76 bits per heavy atom. The molecule has 1 aromatic heterocycles. The normalized spacial score (nSPS) is 32.3. The fraction of sp³-hybridized carbons (Fsp3) is 0.565. The summed E-state index contributed by atoms with van der Waals surface area (Å²) in [5, 5.41) is 10.3. The van der Waals surface area contributed by atoms with E-state index in [-0.39, 0.29) is 18.0 Å². The van der Waals surface area contributed by atoms with Crippen LogP contribution in [0.15, 0.2) is 24.3 Å². The first kappa shape index (κ1) is 18.7. The first-order valence-electron chi connectivity index (χ1n) is 10.6. The predicted molar refractivity (Wildman–Crippen MR) is 109 cm³/mol. The first-order chi connectivity index (χ1) is 13.7. The number of carboxylic acid groups (broad SMARTS) is 1. The number of carbonyl (C=O) groups is 2. The van der Waals surface area contributed by atoms with Crippen molar-refractivity contribution >= 4 is 22.8 Å². The molecule has 0 spiro atoms. The average Bonchev–Trinajstić information content (AvgIpc) is 2.98. The van der Waals surface area contributed by atoms with Gasteiger partial charge in [0.25, 0.3) is 0 Å². The summed E-state index contributed by atoms with van der Waals surface area (Å²) >= 11 is 0. The van der Waals surface area contributed by atoms with Crippen molar-refractivity contribution in [3.05, 3.63) is 35.5 Å². The Labute approximate surface area is 169 Å². The lowest BCUT2D eigenvalue weighted by molar-refractivity contribution is -0.142. The zero-order chi connectivity index (χ0) is 20.4. The second kappa shape index (κ2) is 6.33. The highest BCUT2D eigenvalue weighted by molar-refractivity contribution is 5.99. The number of aromatic amines is 1. The summed E-state index contributed by atoms with van der Waals surface area (Å²) in [5.74, 6) is 0.559. The van der Waals surface area contributed by atoms with Gasteiger partial charge in [-0.3, -0.25) is 4.79 Å². The molecule has 4 saturated carbocycles. The van der Waals surface area contributed by atoms with Gasteiger partial charge < -0.3 is 20.6 Å². The van der Waals surface area contributed by atoms with Gasteiger partial charge >= 0.3 is 11.9 Å². The van der Waals surface area contributed by atoms with Gasteiger partial charge in [0, 0.05) is 17.3 Å². The van der Waals surface area contributed by atoms with Crippen LogP contribution in [0.2, 0.25) is 0 Å². The van der Waals surface area contributed by atoms with Crippen LogP contribution in [0.5, 0.6) is 0 Å². The molecule has 6 rings (SSSR count). The van der Waals surface area contributed by atoms with E-state index in [1.54, 1.807) is 0 Å². The Hall–Kier alpha value is -2.34. The summed E-state index contributed by atoms with van der Waals surface area (Å²) in [6.45, 7) is 1.48. The van der Waals surface area contributed by atoms with Crippen LogP contribution >= 0.6 is 0 Å². The number of ether oxygens (including phenoxy) is 1. The number of rotatable bonds is 5. The van der Waals surface area contributed by atoms with Gasteiger partial charge in [-0.15, -0.1) is 0 Å². The summed E-state index contributed by atoms with van der Waals surface area (Å²) in [6.07, 6.45) is 6.77. The highest BCUT2D eigenvalue weighted by Gasteiger charge is 2.53. The number of aliphatic carboxylic acids is 1. The molecule has 4 N–H and O–H groups in total. The third kappa shape index (κ3) is 3.14. The van der Waals surface area contributed by atoms with Gasteiger partial charge in [-0.05, 0) is 74.8 Å². The third-order valence-electron chi connectivity index (χ3n) is 7.34. The summed E-state index contributed by atoms with van der Waals surface area (Å²) in [6, 6.07) is 7.54. The number of nitrogens with two attached hydrogens (primary N) is 1. The summed E-state index contributed by atoms with van der Waals surface area (Å²) in [7, 11) is 0. The van der Waals surface area contributed by atoms with Gasteiger partial charge in [0.05, 0.1) is 0 Å². The van der Waals surface area contributed by atoms with Crippen LogP contribution in [0.3, 0.4) is 0 Å². The second-order valence-electron chi connectivity index (χ2n) is 9.91. The molecular formula is C23H28N2O4. The maximum atomic E-state index is 13.3. The minimum Gasteiger partial charge on any atom is -0.480 e. The molecular weight excluding hydrogens is 368 g/mol. The van der Waals surface area contributed by atoms with Crippen molar-refractivity contribution < 1.29 is 19.4 Å². The molecule has 1 atom stereocenters. The van der Waals surface area contributed by atoms with Crippen LogP contribution in [-0.4, -0.2) is 33.2 Å². The van der Waals surface area contributed by atoms with E-state index in [1.807, 2.05) is 24.3 Å². The summed E-state index contributed by atoms with van der Waals surface area (Å²) in [5.41, 5.74) is 5.98. The van der Waals surface area contributed by atoms with E-state index in [1.165, 1.54) is 26.2 Å². The zero-order valence-electron chi connectivity index (χ0n) is 16.7. The zero-order valence-corrected chi connectivity index (χ0v) is 16.7. The highest BCUT2D eigenvalue weighted by Crippen LogP contribution is 2.57. The lowest BCUT2D eigenvalue weighted by atomic mass is 9.54. The number of H-pyrrole nitrogens is 1. The molecule has 0 aliphatic heterocycles. The van der Waals surface area contributed by atoms with Crippen LogP contribution in [0.25, 0.3) is 10.9 Å². The summed E-state index contributed by atoms with van der Waals surface area (Å²) in [4.78, 5) is 28.1. The molecule has 4 fully saturated rings. The van der Waals surface area contributed by atoms with E-state index < -0.39 is 11.5 Å². The van der Waals surface area contributed by atoms with E-state index >= 15 is 0 Å². The SMILES string of the molecule is CC(N)(Cc1c(C(=O)OC23CC4CC(CC(C4)C2)C3)[nH]c2ccccc12)C(=O)O. The number of aromatic nitrogens is 1. The molecule has 1 unspecified atom stereocenters. The van der Waals surface area contributed by atoms with Crippen molar-refractivity contribution in [1.82, 2.24) is 4.98 Å². The van der Waals surface area contributed by atoms with E-state index in [4.69, 9.17) is 10.5 Å². The van der Waals surface area contributed by atoms with Gasteiger partial charge in [0.2, 0.25) is 0 Å². The second-order valence-corrected chi connectivity index (χ2v) is 9.91. The van der Waals surface area contributed by atoms with E-state index in [0.29, 0.717) is 29.0 Å². The molecule has 4 bridgehead atoms. The molecule has 1 heterocycles. The largest absolute Gasteiger partial charge is 0.480 e. The lowest BCUT2D eigenvalue weighted by Crippen LogP contribution is -2.52. The van der Waals surface area contributed by atoms with Gasteiger partial charge in [0.15, 0.2) is 0 Å². The Morgan fingerprint density at radius 3 is 2.34 bits per heavy atom. The first-order valence-corrected chi connectivity index (χ1v) is 10.6. The van der Waals surface area contributed by atoms with E-state index in [0.717, 1.165) is 30.2 Å². The molecule has 29 heavy (non-hydrogen) atoms. The Bertz CT molecular complexity index is 955. The molecule has 6 heteroatoms. The number of nitrogens with one attached hydrogen (secondary N) is 1. The fourth-order valence-corrected chi connectivity index (χ4v) is 6.40. The maximum absolute atomic E-state index is 13.3. The molecule has 1 aromatic carbocycles. The number of carboxylic acids is 1. The van der Waals surface area contributed by atoms with Gasteiger partial charge in [-0.2, -0.15) is 0 Å². The fourth-order valence-electron chi connectivity index (χ4n) is 6.40. The molecule has 0 saturated heterocycles. The molecule has 0 radical (unpaired) electrons. The number of carbonyl (C=O) groups excluding carboxylic acids is 1. The smallest absolute Gasteiger partial charge is 0.355 e. The van der Waals surface area contributed by atoms with Crippen LogP contribution < -0.4 is 5.73 Å². The topological polar surface area (TPSA) is 105 Å².